The molecular weight excluding hydrogens is 328 g/mol. The van der Waals surface area contributed by atoms with Gasteiger partial charge in [0.05, 0.1) is 7.11 Å². The van der Waals surface area contributed by atoms with Crippen molar-refractivity contribution in [3.05, 3.63) is 46.8 Å². The summed E-state index contributed by atoms with van der Waals surface area (Å²) in [6, 6.07) is 8.24. The highest BCUT2D eigenvalue weighted by molar-refractivity contribution is 5.94. The number of carbonyl (C=O) groups excluding carboxylic acids is 1. The van der Waals surface area contributed by atoms with Crippen molar-refractivity contribution in [3.63, 3.8) is 0 Å². The van der Waals surface area contributed by atoms with Crippen LogP contribution in [0.3, 0.4) is 0 Å². The molecular formula is C21H26N2O3. The predicted octanol–water partition coefficient (Wildman–Crippen LogP) is 3.97. The standard InChI is InChI=1S/C21H26N2O3/c1-25-17-11-9-15(10-12-17)16-6-4-5-13-23(14-16)21(24)20-18-7-2-3-8-19(18)26-22-20/h9-12,16H,2-8,13-14H2,1H3/t16-/m0/s1. The van der Waals surface area contributed by atoms with E-state index in [4.69, 9.17) is 9.26 Å². The summed E-state index contributed by atoms with van der Waals surface area (Å²) in [7, 11) is 1.68. The van der Waals surface area contributed by atoms with Crippen LogP contribution in [-0.4, -0.2) is 36.2 Å². The number of hydrogen-bond acceptors (Lipinski definition) is 4. The fourth-order valence-corrected chi connectivity index (χ4v) is 4.18. The number of nitrogens with zero attached hydrogens (tertiary/aromatic N) is 2. The van der Waals surface area contributed by atoms with E-state index in [-0.39, 0.29) is 5.91 Å². The molecule has 0 unspecified atom stereocenters. The Morgan fingerprint density at radius 3 is 2.77 bits per heavy atom. The minimum atomic E-state index is 0.0392. The average Bonchev–Trinajstić information content (AvgIpc) is 2.96. The molecule has 138 valence electrons. The third-order valence-electron chi connectivity index (χ3n) is 5.70. The molecule has 0 radical (unpaired) electrons. The van der Waals surface area contributed by atoms with Gasteiger partial charge >= 0.3 is 0 Å². The second kappa shape index (κ2) is 7.52. The Hall–Kier alpha value is -2.30. The van der Waals surface area contributed by atoms with Crippen LogP contribution in [0.25, 0.3) is 0 Å². The van der Waals surface area contributed by atoms with E-state index < -0.39 is 0 Å². The monoisotopic (exact) mass is 354 g/mol. The number of carbonyl (C=O) groups is 1. The highest BCUT2D eigenvalue weighted by Gasteiger charge is 2.30. The first kappa shape index (κ1) is 17.1. The van der Waals surface area contributed by atoms with Crippen molar-refractivity contribution >= 4 is 5.91 Å². The molecule has 1 saturated heterocycles. The van der Waals surface area contributed by atoms with Gasteiger partial charge in [0.15, 0.2) is 5.69 Å². The van der Waals surface area contributed by atoms with Crippen LogP contribution in [0.15, 0.2) is 28.8 Å². The summed E-state index contributed by atoms with van der Waals surface area (Å²) in [4.78, 5) is 15.1. The largest absolute Gasteiger partial charge is 0.497 e. The Morgan fingerprint density at radius 2 is 1.96 bits per heavy atom. The van der Waals surface area contributed by atoms with Crippen molar-refractivity contribution in [2.75, 3.05) is 20.2 Å². The molecule has 0 N–H and O–H groups in total. The van der Waals surface area contributed by atoms with Crippen molar-refractivity contribution in [1.29, 1.82) is 0 Å². The van der Waals surface area contributed by atoms with Crippen LogP contribution in [0.5, 0.6) is 5.75 Å². The number of ether oxygens (including phenoxy) is 1. The summed E-state index contributed by atoms with van der Waals surface area (Å²) in [5, 5.41) is 4.14. The third-order valence-corrected chi connectivity index (χ3v) is 5.70. The van der Waals surface area contributed by atoms with E-state index in [1.165, 1.54) is 5.56 Å². The first-order valence-corrected chi connectivity index (χ1v) is 9.67. The van der Waals surface area contributed by atoms with Crippen LogP contribution in [0, 0.1) is 0 Å². The zero-order valence-corrected chi connectivity index (χ0v) is 15.4. The van der Waals surface area contributed by atoms with E-state index in [1.54, 1.807) is 7.11 Å². The molecule has 1 amide bonds. The molecule has 2 aromatic rings. The molecule has 5 heteroatoms. The smallest absolute Gasteiger partial charge is 0.276 e. The van der Waals surface area contributed by atoms with Gasteiger partial charge in [0.25, 0.3) is 5.91 Å². The number of aryl methyl sites for hydroxylation is 1. The van der Waals surface area contributed by atoms with Gasteiger partial charge in [-0.25, -0.2) is 0 Å². The summed E-state index contributed by atoms with van der Waals surface area (Å²) >= 11 is 0. The number of rotatable bonds is 3. The van der Waals surface area contributed by atoms with Crippen molar-refractivity contribution in [1.82, 2.24) is 10.1 Å². The Labute approximate surface area is 154 Å². The molecule has 1 aromatic heterocycles. The van der Waals surface area contributed by atoms with Crippen LogP contribution < -0.4 is 4.74 Å². The Kier molecular flexibility index (Phi) is 4.96. The lowest BCUT2D eigenvalue weighted by atomic mass is 9.94. The number of likely N-dealkylation sites (tertiary alicyclic amines) is 1. The summed E-state index contributed by atoms with van der Waals surface area (Å²) < 4.78 is 10.7. The van der Waals surface area contributed by atoms with Crippen molar-refractivity contribution in [2.24, 2.45) is 0 Å². The average molecular weight is 354 g/mol. The normalized spacial score (nSPS) is 20.3. The lowest BCUT2D eigenvalue weighted by Gasteiger charge is -2.24. The summed E-state index contributed by atoms with van der Waals surface area (Å²) in [5.74, 6) is 2.18. The van der Waals surface area contributed by atoms with E-state index in [2.05, 4.69) is 17.3 Å². The second-order valence-electron chi connectivity index (χ2n) is 7.36. The maximum Gasteiger partial charge on any atom is 0.276 e. The maximum absolute atomic E-state index is 13.1. The SMILES string of the molecule is COc1ccc([C@H]2CCCCN(C(=O)c3noc4c3CCCC4)C2)cc1. The molecule has 1 fully saturated rings. The minimum absolute atomic E-state index is 0.0392. The fraction of sp³-hybridized carbons (Fsp3) is 0.524. The van der Waals surface area contributed by atoms with Gasteiger partial charge in [-0.2, -0.15) is 0 Å². The van der Waals surface area contributed by atoms with Crippen molar-refractivity contribution in [2.45, 2.75) is 50.9 Å². The number of aromatic nitrogens is 1. The Balaban J connectivity index is 1.53. The van der Waals surface area contributed by atoms with Gasteiger partial charge in [-0.05, 0) is 49.8 Å². The fourth-order valence-electron chi connectivity index (χ4n) is 4.18. The zero-order chi connectivity index (χ0) is 17.9. The van der Waals surface area contributed by atoms with Gasteiger partial charge in [0.1, 0.15) is 11.5 Å². The van der Waals surface area contributed by atoms with E-state index in [1.807, 2.05) is 17.0 Å². The van der Waals surface area contributed by atoms with Crippen LogP contribution in [0.1, 0.15) is 65.4 Å². The first-order chi connectivity index (χ1) is 12.8. The Bertz CT molecular complexity index is 766. The molecule has 4 rings (SSSR count). The van der Waals surface area contributed by atoms with Gasteiger partial charge in [0, 0.05) is 31.0 Å². The topological polar surface area (TPSA) is 55.6 Å². The van der Waals surface area contributed by atoms with Gasteiger partial charge in [-0.1, -0.05) is 23.7 Å². The summed E-state index contributed by atoms with van der Waals surface area (Å²) in [5.41, 5.74) is 2.87. The number of methoxy groups -OCH3 is 1. The van der Waals surface area contributed by atoms with E-state index in [0.717, 1.165) is 75.1 Å². The highest BCUT2D eigenvalue weighted by Crippen LogP contribution is 2.30. The Morgan fingerprint density at radius 1 is 1.15 bits per heavy atom. The quantitative estimate of drug-likeness (QED) is 0.837. The molecule has 0 saturated carbocycles. The van der Waals surface area contributed by atoms with Crippen LogP contribution >= 0.6 is 0 Å². The maximum atomic E-state index is 13.1. The molecule has 1 atom stereocenters. The summed E-state index contributed by atoms with van der Waals surface area (Å²) in [6.07, 6.45) is 7.34. The second-order valence-corrected chi connectivity index (χ2v) is 7.36. The van der Waals surface area contributed by atoms with Gasteiger partial charge in [-0.3, -0.25) is 4.79 Å². The molecule has 5 nitrogen and oxygen atoms in total. The van der Waals surface area contributed by atoms with Crippen LogP contribution in [0.4, 0.5) is 0 Å². The van der Waals surface area contributed by atoms with Gasteiger partial charge in [0.2, 0.25) is 0 Å². The highest BCUT2D eigenvalue weighted by atomic mass is 16.5. The third kappa shape index (κ3) is 3.35. The molecule has 1 aromatic carbocycles. The zero-order valence-electron chi connectivity index (χ0n) is 15.4. The molecule has 0 bridgehead atoms. The van der Waals surface area contributed by atoms with Crippen LogP contribution in [-0.2, 0) is 12.8 Å². The van der Waals surface area contributed by atoms with E-state index in [9.17, 15) is 4.79 Å². The molecule has 1 aliphatic carbocycles. The van der Waals surface area contributed by atoms with E-state index in [0.29, 0.717) is 11.6 Å². The van der Waals surface area contributed by atoms with E-state index >= 15 is 0 Å². The van der Waals surface area contributed by atoms with Crippen LogP contribution in [0.2, 0.25) is 0 Å². The van der Waals surface area contributed by atoms with Gasteiger partial charge < -0.3 is 14.2 Å². The van der Waals surface area contributed by atoms with Gasteiger partial charge in [-0.15, -0.1) is 0 Å². The molecule has 26 heavy (non-hydrogen) atoms. The first-order valence-electron chi connectivity index (χ1n) is 9.67. The number of amides is 1. The number of hydrogen-bond donors (Lipinski definition) is 0. The number of fused-ring (bicyclic) bond motifs is 1. The minimum Gasteiger partial charge on any atom is -0.497 e. The van der Waals surface area contributed by atoms with Crippen molar-refractivity contribution in [3.8, 4) is 5.75 Å². The predicted molar refractivity (Wildman–Crippen MR) is 98.6 cm³/mol. The summed E-state index contributed by atoms with van der Waals surface area (Å²) in [6.45, 7) is 1.54. The molecule has 2 heterocycles. The lowest BCUT2D eigenvalue weighted by molar-refractivity contribution is 0.0743. The van der Waals surface area contributed by atoms with Crippen molar-refractivity contribution < 1.29 is 14.1 Å². The molecule has 0 spiro atoms. The molecule has 2 aliphatic rings. The molecule has 1 aliphatic heterocycles. The lowest BCUT2D eigenvalue weighted by Crippen LogP contribution is -2.35. The number of benzene rings is 1.